The van der Waals surface area contributed by atoms with Gasteiger partial charge in [0.05, 0.1) is 18.5 Å². The third-order valence-corrected chi connectivity index (χ3v) is 7.81. The molecule has 0 spiro atoms. The van der Waals surface area contributed by atoms with E-state index in [0.717, 1.165) is 42.0 Å². The molecule has 162 valence electrons. The van der Waals surface area contributed by atoms with Gasteiger partial charge in [-0.3, -0.25) is 0 Å². The number of anilines is 1. The Morgan fingerprint density at radius 3 is 2.37 bits per heavy atom. The molecular formula is C21H29N5O3S. The highest BCUT2D eigenvalue weighted by Crippen LogP contribution is 2.32. The largest absolute Gasteiger partial charge is 0.497 e. The average Bonchev–Trinajstić information content (AvgIpc) is 3.46. The van der Waals surface area contributed by atoms with E-state index in [2.05, 4.69) is 0 Å². The molecule has 4 rings (SSSR count). The second kappa shape index (κ2) is 8.49. The number of aromatic nitrogens is 2. The maximum Gasteiger partial charge on any atom is 0.281 e. The summed E-state index contributed by atoms with van der Waals surface area (Å²) < 4.78 is 34.4. The van der Waals surface area contributed by atoms with Gasteiger partial charge in [0, 0.05) is 51.8 Å². The molecule has 0 saturated carbocycles. The van der Waals surface area contributed by atoms with Gasteiger partial charge >= 0.3 is 0 Å². The summed E-state index contributed by atoms with van der Waals surface area (Å²) in [7, 11) is 2.09. The Kier molecular flexibility index (Phi) is 5.95. The van der Waals surface area contributed by atoms with Crippen molar-refractivity contribution in [2.75, 3.05) is 52.3 Å². The maximum atomic E-state index is 12.9. The topological polar surface area (TPSA) is 78.9 Å². The van der Waals surface area contributed by atoms with Crippen LogP contribution in [-0.4, -0.2) is 74.4 Å². The number of nitrogens with zero attached hydrogens (tertiary/aromatic N) is 5. The van der Waals surface area contributed by atoms with Crippen molar-refractivity contribution in [3.8, 4) is 17.0 Å². The fourth-order valence-corrected chi connectivity index (χ4v) is 5.78. The lowest BCUT2D eigenvalue weighted by molar-refractivity contribution is 0.395. The van der Waals surface area contributed by atoms with Crippen LogP contribution in [-0.2, 0) is 10.2 Å². The normalized spacial score (nSPS) is 20.6. The first kappa shape index (κ1) is 21.0. The number of methoxy groups -OCH3 is 1. The molecule has 2 aliphatic rings. The van der Waals surface area contributed by atoms with Crippen LogP contribution in [0, 0.1) is 0 Å². The van der Waals surface area contributed by atoms with Gasteiger partial charge in [0.15, 0.2) is 0 Å². The highest BCUT2D eigenvalue weighted by molar-refractivity contribution is 7.86. The number of rotatable bonds is 6. The van der Waals surface area contributed by atoms with Gasteiger partial charge in [-0.25, -0.2) is 9.97 Å². The Hall–Kier alpha value is -2.23. The van der Waals surface area contributed by atoms with E-state index in [1.807, 2.05) is 49.3 Å². The lowest BCUT2D eigenvalue weighted by atomic mass is 10.0. The molecule has 0 bridgehead atoms. The van der Waals surface area contributed by atoms with E-state index in [0.29, 0.717) is 32.1 Å². The number of ether oxygens (including phenoxy) is 1. The quantitative estimate of drug-likeness (QED) is 0.699. The second-order valence-electron chi connectivity index (χ2n) is 8.06. The molecule has 1 atom stereocenters. The molecule has 1 aromatic heterocycles. The zero-order valence-corrected chi connectivity index (χ0v) is 18.6. The number of hydrogen-bond donors (Lipinski definition) is 0. The molecule has 2 aromatic rings. The molecule has 0 unspecified atom stereocenters. The van der Waals surface area contributed by atoms with Crippen molar-refractivity contribution in [3.63, 3.8) is 0 Å². The Balaban J connectivity index is 1.61. The molecule has 8 nitrogen and oxygen atoms in total. The molecule has 0 amide bonds. The molecule has 30 heavy (non-hydrogen) atoms. The highest BCUT2D eigenvalue weighted by Gasteiger charge is 2.37. The molecule has 3 heterocycles. The zero-order chi connectivity index (χ0) is 21.3. The van der Waals surface area contributed by atoms with E-state index >= 15 is 0 Å². The second-order valence-corrected chi connectivity index (χ2v) is 9.99. The van der Waals surface area contributed by atoms with E-state index in [4.69, 9.17) is 14.7 Å². The summed E-state index contributed by atoms with van der Waals surface area (Å²) in [5, 5.41) is 0. The molecule has 2 fully saturated rings. The third-order valence-electron chi connectivity index (χ3n) is 5.81. The fraction of sp³-hybridized carbons (Fsp3) is 0.524. The summed E-state index contributed by atoms with van der Waals surface area (Å²) in [6.07, 6.45) is 2.65. The van der Waals surface area contributed by atoms with Crippen LogP contribution in [0.4, 0.5) is 5.95 Å². The van der Waals surface area contributed by atoms with Crippen LogP contribution in [0.15, 0.2) is 30.3 Å². The summed E-state index contributed by atoms with van der Waals surface area (Å²) in [6.45, 7) is 2.25. The summed E-state index contributed by atoms with van der Waals surface area (Å²) in [5.41, 5.74) is 2.69. The number of hydrogen-bond acceptors (Lipinski definition) is 6. The third kappa shape index (κ3) is 4.14. The standard InChI is InChI=1S/C21H29N5O3S/c1-24(2)21-22-19(16-6-8-18(29-3)9-7-16)14-20(23-21)17-10-13-26(15-17)30(27,28)25-11-4-5-12-25/h6-9,14,17H,4-5,10-13,15H2,1-3H3/t17-/m0/s1. The molecular weight excluding hydrogens is 402 g/mol. The van der Waals surface area contributed by atoms with Gasteiger partial charge < -0.3 is 9.64 Å². The first-order valence-electron chi connectivity index (χ1n) is 10.3. The predicted octanol–water partition coefficient (Wildman–Crippen LogP) is 2.35. The van der Waals surface area contributed by atoms with E-state index in [-0.39, 0.29) is 5.92 Å². The van der Waals surface area contributed by atoms with Crippen molar-refractivity contribution < 1.29 is 13.2 Å². The molecule has 0 aliphatic carbocycles. The Morgan fingerprint density at radius 2 is 1.73 bits per heavy atom. The van der Waals surface area contributed by atoms with E-state index in [1.54, 1.807) is 15.7 Å². The highest BCUT2D eigenvalue weighted by atomic mass is 32.2. The lowest BCUT2D eigenvalue weighted by Gasteiger charge is -2.23. The molecule has 0 radical (unpaired) electrons. The van der Waals surface area contributed by atoms with Crippen molar-refractivity contribution in [2.45, 2.75) is 25.2 Å². The molecule has 0 N–H and O–H groups in total. The zero-order valence-electron chi connectivity index (χ0n) is 17.8. The summed E-state index contributed by atoms with van der Waals surface area (Å²) >= 11 is 0. The van der Waals surface area contributed by atoms with Crippen LogP contribution in [0.5, 0.6) is 5.75 Å². The van der Waals surface area contributed by atoms with Gasteiger partial charge in [0.1, 0.15) is 5.75 Å². The monoisotopic (exact) mass is 431 g/mol. The van der Waals surface area contributed by atoms with Crippen LogP contribution in [0.25, 0.3) is 11.3 Å². The minimum absolute atomic E-state index is 0.0566. The van der Waals surface area contributed by atoms with Crippen LogP contribution < -0.4 is 9.64 Å². The van der Waals surface area contributed by atoms with E-state index < -0.39 is 10.2 Å². The van der Waals surface area contributed by atoms with E-state index in [1.165, 1.54) is 0 Å². The number of benzene rings is 1. The molecule has 2 aliphatic heterocycles. The minimum atomic E-state index is -3.38. The summed E-state index contributed by atoms with van der Waals surface area (Å²) in [4.78, 5) is 11.3. The van der Waals surface area contributed by atoms with Gasteiger partial charge in [-0.15, -0.1) is 0 Å². The first-order valence-corrected chi connectivity index (χ1v) is 11.7. The Bertz CT molecular complexity index is 988. The average molecular weight is 432 g/mol. The van der Waals surface area contributed by atoms with Crippen molar-refractivity contribution in [1.82, 2.24) is 18.6 Å². The molecule has 9 heteroatoms. The minimum Gasteiger partial charge on any atom is -0.497 e. The van der Waals surface area contributed by atoms with Crippen LogP contribution in [0.3, 0.4) is 0 Å². The van der Waals surface area contributed by atoms with Gasteiger partial charge in [-0.1, -0.05) is 0 Å². The van der Waals surface area contributed by atoms with Crippen LogP contribution in [0.2, 0.25) is 0 Å². The van der Waals surface area contributed by atoms with Crippen molar-refractivity contribution >= 4 is 16.2 Å². The van der Waals surface area contributed by atoms with Gasteiger partial charge in [0.2, 0.25) is 5.95 Å². The van der Waals surface area contributed by atoms with Crippen molar-refractivity contribution in [2.24, 2.45) is 0 Å². The Labute approximate surface area is 178 Å². The summed E-state index contributed by atoms with van der Waals surface area (Å²) in [5.74, 6) is 1.47. The smallest absolute Gasteiger partial charge is 0.281 e. The first-order chi connectivity index (χ1) is 14.4. The SMILES string of the molecule is COc1ccc(-c2cc([C@H]3CCN(S(=O)(=O)N4CCCC4)C3)nc(N(C)C)n2)cc1. The van der Waals surface area contributed by atoms with E-state index in [9.17, 15) is 8.42 Å². The van der Waals surface area contributed by atoms with Crippen molar-refractivity contribution in [3.05, 3.63) is 36.0 Å². The predicted molar refractivity (Wildman–Crippen MR) is 117 cm³/mol. The van der Waals surface area contributed by atoms with Gasteiger partial charge in [0.25, 0.3) is 10.2 Å². The Morgan fingerprint density at radius 1 is 1.03 bits per heavy atom. The summed E-state index contributed by atoms with van der Waals surface area (Å²) in [6, 6.07) is 9.76. The van der Waals surface area contributed by atoms with Crippen LogP contribution in [0.1, 0.15) is 30.9 Å². The van der Waals surface area contributed by atoms with Gasteiger partial charge in [-0.05, 0) is 49.6 Å². The maximum absolute atomic E-state index is 12.9. The fourth-order valence-electron chi connectivity index (χ4n) is 4.03. The van der Waals surface area contributed by atoms with Crippen LogP contribution >= 0.6 is 0 Å². The van der Waals surface area contributed by atoms with Gasteiger partial charge in [-0.2, -0.15) is 17.0 Å². The molecule has 2 saturated heterocycles. The lowest BCUT2D eigenvalue weighted by Crippen LogP contribution is -2.41. The molecule has 1 aromatic carbocycles. The van der Waals surface area contributed by atoms with Crippen molar-refractivity contribution in [1.29, 1.82) is 0 Å².